The Kier molecular flexibility index (Phi) is 7.23. The summed E-state index contributed by atoms with van der Waals surface area (Å²) in [5.74, 6) is -5.97. The van der Waals surface area contributed by atoms with E-state index in [2.05, 4.69) is 0 Å². The number of aromatic hydroxyl groups is 6. The summed E-state index contributed by atoms with van der Waals surface area (Å²) in [7, 11) is 0. The molecule has 0 aliphatic rings. The standard InChI is InChI=1S/C24H21N3O12/c28-16-1-2-17(29)25(16)37-22(34)10-13-7-14(11-23(35)38-26-18(30)3-4-19(26)31)9-15(8-13)12-24(36)39-27-20(32)5-6-21(27)33/h1-9,28-33H,10-12H2. The summed E-state index contributed by atoms with van der Waals surface area (Å²) in [6.07, 6.45) is -1.29. The van der Waals surface area contributed by atoms with Crippen molar-refractivity contribution in [1.82, 2.24) is 14.2 Å². The fourth-order valence-electron chi connectivity index (χ4n) is 3.53. The maximum absolute atomic E-state index is 12.5. The highest BCUT2D eigenvalue weighted by Gasteiger charge is 2.19. The quantitative estimate of drug-likeness (QED) is 0.163. The second-order valence-electron chi connectivity index (χ2n) is 8.11. The molecular weight excluding hydrogens is 522 g/mol. The van der Waals surface area contributed by atoms with Crippen molar-refractivity contribution in [2.24, 2.45) is 0 Å². The molecule has 0 aliphatic carbocycles. The van der Waals surface area contributed by atoms with Crippen molar-refractivity contribution in [2.45, 2.75) is 19.3 Å². The van der Waals surface area contributed by atoms with Gasteiger partial charge in [0.25, 0.3) is 0 Å². The van der Waals surface area contributed by atoms with Gasteiger partial charge >= 0.3 is 17.9 Å². The van der Waals surface area contributed by atoms with Crippen LogP contribution in [-0.4, -0.2) is 62.7 Å². The fourth-order valence-corrected chi connectivity index (χ4v) is 3.53. The van der Waals surface area contributed by atoms with Gasteiger partial charge in [0.2, 0.25) is 35.3 Å². The molecule has 3 aromatic heterocycles. The van der Waals surface area contributed by atoms with Crippen molar-refractivity contribution in [3.63, 3.8) is 0 Å². The Bertz CT molecular complexity index is 1300. The molecule has 4 aromatic rings. The third kappa shape index (κ3) is 6.16. The smallest absolute Gasteiger partial charge is 0.337 e. The van der Waals surface area contributed by atoms with E-state index in [1.165, 1.54) is 18.2 Å². The van der Waals surface area contributed by atoms with Crippen molar-refractivity contribution >= 4 is 17.9 Å². The van der Waals surface area contributed by atoms with E-state index in [9.17, 15) is 45.0 Å². The number of benzene rings is 1. The van der Waals surface area contributed by atoms with E-state index in [1.807, 2.05) is 0 Å². The molecule has 0 fully saturated rings. The van der Waals surface area contributed by atoms with Gasteiger partial charge < -0.3 is 45.2 Å². The number of hydrogen-bond donors (Lipinski definition) is 6. The zero-order valence-corrected chi connectivity index (χ0v) is 19.8. The number of nitrogens with zero attached hydrogens (tertiary/aromatic N) is 3. The van der Waals surface area contributed by atoms with Crippen molar-refractivity contribution < 1.29 is 59.5 Å². The van der Waals surface area contributed by atoms with Crippen LogP contribution in [-0.2, 0) is 33.6 Å². The normalized spacial score (nSPS) is 10.8. The lowest BCUT2D eigenvalue weighted by Crippen LogP contribution is -2.23. The highest BCUT2D eigenvalue weighted by molar-refractivity contribution is 5.77. The Labute approximate surface area is 218 Å². The minimum atomic E-state index is -0.922. The van der Waals surface area contributed by atoms with Crippen molar-refractivity contribution in [2.75, 3.05) is 0 Å². The Morgan fingerprint density at radius 1 is 0.462 bits per heavy atom. The zero-order chi connectivity index (χ0) is 28.3. The van der Waals surface area contributed by atoms with Gasteiger partial charge in [-0.1, -0.05) is 18.2 Å². The summed E-state index contributed by atoms with van der Waals surface area (Å²) in [5.41, 5.74) is 0.743. The van der Waals surface area contributed by atoms with E-state index in [-0.39, 0.29) is 16.7 Å². The van der Waals surface area contributed by atoms with Crippen LogP contribution in [0.2, 0.25) is 0 Å². The molecule has 3 heterocycles. The topological polar surface area (TPSA) is 215 Å². The van der Waals surface area contributed by atoms with Gasteiger partial charge in [-0.2, -0.15) is 0 Å². The van der Waals surface area contributed by atoms with Crippen LogP contribution in [0.1, 0.15) is 16.7 Å². The number of hydrogen-bond acceptors (Lipinski definition) is 12. The van der Waals surface area contributed by atoms with Gasteiger partial charge in [-0.25, -0.2) is 14.4 Å². The second kappa shape index (κ2) is 10.7. The highest BCUT2D eigenvalue weighted by Crippen LogP contribution is 2.22. The first kappa shape index (κ1) is 26.3. The third-order valence-electron chi connectivity index (χ3n) is 5.13. The Balaban J connectivity index is 1.54. The van der Waals surface area contributed by atoms with Crippen LogP contribution in [0.25, 0.3) is 0 Å². The predicted molar refractivity (Wildman–Crippen MR) is 126 cm³/mol. The zero-order valence-electron chi connectivity index (χ0n) is 19.8. The lowest BCUT2D eigenvalue weighted by molar-refractivity contribution is -0.145. The van der Waals surface area contributed by atoms with Gasteiger partial charge in [0.05, 0.1) is 19.3 Å². The van der Waals surface area contributed by atoms with Gasteiger partial charge in [-0.05, 0) is 16.7 Å². The fraction of sp³-hybridized carbons (Fsp3) is 0.125. The molecule has 0 unspecified atom stereocenters. The second-order valence-corrected chi connectivity index (χ2v) is 8.11. The van der Waals surface area contributed by atoms with Gasteiger partial charge in [-0.15, -0.1) is 14.2 Å². The van der Waals surface area contributed by atoms with Crippen molar-refractivity contribution in [1.29, 1.82) is 0 Å². The first-order valence-electron chi connectivity index (χ1n) is 11.0. The molecule has 0 amide bonds. The molecule has 204 valence electrons. The molecule has 6 N–H and O–H groups in total. The van der Waals surface area contributed by atoms with Crippen LogP contribution in [0.15, 0.2) is 54.6 Å². The number of rotatable bonds is 9. The van der Waals surface area contributed by atoms with E-state index in [1.54, 1.807) is 0 Å². The molecule has 1 aromatic carbocycles. The molecule has 0 saturated heterocycles. The largest absolute Gasteiger partial charge is 0.492 e. The maximum atomic E-state index is 12.5. The average molecular weight is 543 g/mol. The van der Waals surface area contributed by atoms with Crippen LogP contribution in [0.3, 0.4) is 0 Å². The van der Waals surface area contributed by atoms with Crippen LogP contribution >= 0.6 is 0 Å². The van der Waals surface area contributed by atoms with Crippen LogP contribution in [0.5, 0.6) is 35.3 Å². The van der Waals surface area contributed by atoms with E-state index in [4.69, 9.17) is 14.5 Å². The van der Waals surface area contributed by atoms with Crippen LogP contribution < -0.4 is 14.5 Å². The molecule has 15 nitrogen and oxygen atoms in total. The molecule has 0 radical (unpaired) electrons. The van der Waals surface area contributed by atoms with Crippen LogP contribution in [0, 0.1) is 0 Å². The van der Waals surface area contributed by atoms with Crippen molar-refractivity contribution in [3.05, 3.63) is 71.3 Å². The summed E-state index contributed by atoms with van der Waals surface area (Å²) in [5, 5.41) is 58.0. The van der Waals surface area contributed by atoms with E-state index in [0.29, 0.717) is 14.2 Å². The third-order valence-corrected chi connectivity index (χ3v) is 5.13. The number of aromatic nitrogens is 3. The number of carbonyl (C=O) groups is 3. The van der Waals surface area contributed by atoms with Gasteiger partial charge in [0.15, 0.2) is 0 Å². The summed E-state index contributed by atoms with van der Waals surface area (Å²) in [6, 6.07) is 10.8. The van der Waals surface area contributed by atoms with E-state index in [0.717, 1.165) is 36.4 Å². The summed E-state index contributed by atoms with van der Waals surface area (Å²) in [6.45, 7) is 0. The molecular formula is C24H21N3O12. The predicted octanol–water partition coefficient (Wildman–Crippen LogP) is -0.0816. The Morgan fingerprint density at radius 2 is 0.667 bits per heavy atom. The maximum Gasteiger partial charge on any atom is 0.337 e. The summed E-state index contributed by atoms with van der Waals surface area (Å²) < 4.78 is 1.48. The molecule has 0 aliphatic heterocycles. The van der Waals surface area contributed by atoms with Crippen molar-refractivity contribution in [3.8, 4) is 35.3 Å². The minimum Gasteiger partial charge on any atom is -0.492 e. The first-order valence-corrected chi connectivity index (χ1v) is 11.0. The Morgan fingerprint density at radius 3 is 0.872 bits per heavy atom. The first-order chi connectivity index (χ1) is 18.5. The molecule has 4 rings (SSSR count). The molecule has 15 heteroatoms. The van der Waals surface area contributed by atoms with E-state index >= 15 is 0 Å². The molecule has 0 bridgehead atoms. The number of carbonyl (C=O) groups excluding carboxylic acids is 3. The molecule has 0 saturated carbocycles. The molecule has 39 heavy (non-hydrogen) atoms. The average Bonchev–Trinajstić information content (AvgIpc) is 3.47. The summed E-state index contributed by atoms with van der Waals surface area (Å²) >= 11 is 0. The SMILES string of the molecule is O=C(Cc1cc(CC(=O)On2c(O)ccc2O)cc(CC(=O)On2c(O)ccc2O)c1)On1c(O)ccc1O. The molecule has 0 spiro atoms. The van der Waals surface area contributed by atoms with Gasteiger partial charge in [0, 0.05) is 36.4 Å². The lowest BCUT2D eigenvalue weighted by atomic mass is 10.00. The van der Waals surface area contributed by atoms with Gasteiger partial charge in [-0.3, -0.25) is 0 Å². The van der Waals surface area contributed by atoms with E-state index < -0.39 is 72.5 Å². The Hall–Kier alpha value is -5.73. The highest BCUT2D eigenvalue weighted by atomic mass is 16.7. The van der Waals surface area contributed by atoms with Gasteiger partial charge in [0.1, 0.15) is 0 Å². The molecule has 0 atom stereocenters. The minimum absolute atomic E-state index is 0.248. The van der Waals surface area contributed by atoms with Crippen LogP contribution in [0.4, 0.5) is 0 Å². The lowest BCUT2D eigenvalue weighted by Gasteiger charge is -2.12. The monoisotopic (exact) mass is 543 g/mol. The summed E-state index contributed by atoms with van der Waals surface area (Å²) in [4.78, 5) is 52.2.